The van der Waals surface area contributed by atoms with E-state index in [-0.39, 0.29) is 5.92 Å². The van der Waals surface area contributed by atoms with Crippen LogP contribution in [-0.4, -0.2) is 92.7 Å². The topological polar surface area (TPSA) is 99.2 Å². The second-order valence-corrected chi connectivity index (χ2v) is 12.2. The van der Waals surface area contributed by atoms with E-state index in [1.54, 1.807) is 26.6 Å². The number of fused-ring (bicyclic) bond motifs is 3. The van der Waals surface area contributed by atoms with Crippen LogP contribution in [0.3, 0.4) is 0 Å². The average Bonchev–Trinajstić information content (AvgIpc) is 3.77. The van der Waals surface area contributed by atoms with Crippen molar-refractivity contribution in [2.24, 2.45) is 18.9 Å². The Kier molecular flexibility index (Phi) is 7.01. The van der Waals surface area contributed by atoms with Crippen LogP contribution < -0.4 is 9.64 Å². The van der Waals surface area contributed by atoms with Crippen LogP contribution in [0.4, 0.5) is 5.95 Å². The van der Waals surface area contributed by atoms with E-state index in [9.17, 15) is 0 Å². The molecule has 1 unspecified atom stereocenters. The fraction of sp³-hybridized carbons (Fsp3) is 0.469. The second-order valence-electron chi connectivity index (χ2n) is 12.2. The fourth-order valence-electron chi connectivity index (χ4n) is 6.88. The molecule has 2 aliphatic heterocycles. The van der Waals surface area contributed by atoms with Gasteiger partial charge in [0, 0.05) is 76.4 Å². The summed E-state index contributed by atoms with van der Waals surface area (Å²) in [6.07, 6.45) is 5.38. The highest BCUT2D eigenvalue weighted by molar-refractivity contribution is 5.88. The van der Waals surface area contributed by atoms with Crippen molar-refractivity contribution >= 4 is 27.9 Å². The van der Waals surface area contributed by atoms with Crippen LogP contribution in [0.25, 0.3) is 39.0 Å². The molecule has 0 radical (unpaired) electrons. The minimum Gasteiger partial charge on any atom is -0.496 e. The molecule has 0 aromatic carbocycles. The minimum absolute atomic E-state index is 0.193. The Labute approximate surface area is 251 Å². The van der Waals surface area contributed by atoms with E-state index in [1.807, 2.05) is 29.9 Å². The number of pyridine rings is 3. The number of likely N-dealkylation sites (tertiary alicyclic amines) is 1. The lowest BCUT2D eigenvalue weighted by molar-refractivity contribution is 0.157. The van der Waals surface area contributed by atoms with Gasteiger partial charge in [0.1, 0.15) is 11.3 Å². The van der Waals surface area contributed by atoms with Crippen LogP contribution in [0, 0.1) is 18.8 Å². The van der Waals surface area contributed by atoms with Gasteiger partial charge in [-0.1, -0.05) is 13.8 Å². The van der Waals surface area contributed by atoms with Crippen LogP contribution in [-0.2, 0) is 11.8 Å². The number of rotatable bonds is 8. The number of methoxy groups -OCH3 is 2. The van der Waals surface area contributed by atoms with Gasteiger partial charge in [0.05, 0.1) is 47.9 Å². The Morgan fingerprint density at radius 3 is 2.49 bits per heavy atom. The van der Waals surface area contributed by atoms with Crippen molar-refractivity contribution in [2.45, 2.75) is 26.7 Å². The van der Waals surface area contributed by atoms with Crippen molar-refractivity contribution in [1.29, 1.82) is 0 Å². The summed E-state index contributed by atoms with van der Waals surface area (Å²) in [7, 11) is 5.56. The van der Waals surface area contributed by atoms with Crippen molar-refractivity contribution in [1.82, 2.24) is 39.2 Å². The van der Waals surface area contributed by atoms with Crippen LogP contribution in [0.1, 0.15) is 31.2 Å². The maximum absolute atomic E-state index is 5.60. The normalized spacial score (nSPS) is 18.9. The van der Waals surface area contributed by atoms with Crippen molar-refractivity contribution in [3.05, 3.63) is 48.2 Å². The average molecular weight is 582 g/mol. The molecule has 0 aliphatic carbocycles. The summed E-state index contributed by atoms with van der Waals surface area (Å²) >= 11 is 0. The molecule has 0 amide bonds. The highest BCUT2D eigenvalue weighted by atomic mass is 16.5. The van der Waals surface area contributed by atoms with E-state index in [2.05, 4.69) is 46.3 Å². The third-order valence-electron chi connectivity index (χ3n) is 9.11. The van der Waals surface area contributed by atoms with Gasteiger partial charge >= 0.3 is 0 Å². The first kappa shape index (κ1) is 27.7. The number of aryl methyl sites for hydroxylation is 2. The van der Waals surface area contributed by atoms with E-state index in [0.29, 0.717) is 11.8 Å². The molecule has 0 N–H and O–H groups in total. The maximum atomic E-state index is 5.60. The molecule has 7 rings (SSSR count). The number of anilines is 1. The van der Waals surface area contributed by atoms with E-state index >= 15 is 0 Å². The zero-order valence-corrected chi connectivity index (χ0v) is 25.8. The lowest BCUT2D eigenvalue weighted by Gasteiger charge is -2.22. The Morgan fingerprint density at radius 1 is 0.977 bits per heavy atom. The zero-order valence-electron chi connectivity index (χ0n) is 25.8. The number of ether oxygens (including phenoxy) is 2. The summed E-state index contributed by atoms with van der Waals surface area (Å²) in [6, 6.07) is 6.01. The molecule has 2 aliphatic rings. The molecule has 0 bridgehead atoms. The molecule has 224 valence electrons. The summed E-state index contributed by atoms with van der Waals surface area (Å²) in [5.41, 5.74) is 6.44. The van der Waals surface area contributed by atoms with Gasteiger partial charge in [0.25, 0.3) is 0 Å². The molecule has 11 heteroatoms. The standard InChI is InChI=1S/C32H39N9O2/c1-19(2)30-31-27(38(4)32(37-31)40-17-21-15-39(9-10-42-5)16-22(21)18-40)12-29(36-30)41-26-11-25(35-20(3)23(26)14-34-41)24-13-33-8-7-28(24)43-6/h7-8,11-14,19,21-22H,9-10,15-18H2,1-6H3/t21-,22?/m0/s1. The minimum atomic E-state index is 0.193. The van der Waals surface area contributed by atoms with Gasteiger partial charge in [-0.05, 0) is 36.8 Å². The lowest BCUT2D eigenvalue weighted by atomic mass is 10.0. The van der Waals surface area contributed by atoms with Crippen molar-refractivity contribution in [3.8, 4) is 22.8 Å². The largest absolute Gasteiger partial charge is 0.496 e. The number of hydrogen-bond acceptors (Lipinski definition) is 9. The number of hydrogen-bond donors (Lipinski definition) is 0. The Morgan fingerprint density at radius 2 is 1.77 bits per heavy atom. The fourth-order valence-corrected chi connectivity index (χ4v) is 6.88. The van der Waals surface area contributed by atoms with Crippen LogP contribution >= 0.6 is 0 Å². The molecular weight excluding hydrogens is 542 g/mol. The highest BCUT2D eigenvalue weighted by Gasteiger charge is 2.41. The Hall–Kier alpha value is -4.09. The molecule has 2 atom stereocenters. The van der Waals surface area contributed by atoms with Crippen molar-refractivity contribution in [3.63, 3.8) is 0 Å². The lowest BCUT2D eigenvalue weighted by Crippen LogP contribution is -2.31. The van der Waals surface area contributed by atoms with Gasteiger partial charge in [-0.2, -0.15) is 5.10 Å². The molecule has 7 heterocycles. The van der Waals surface area contributed by atoms with Gasteiger partial charge in [0.2, 0.25) is 5.95 Å². The van der Waals surface area contributed by atoms with E-state index in [4.69, 9.17) is 29.5 Å². The van der Waals surface area contributed by atoms with Gasteiger partial charge in [-0.15, -0.1) is 0 Å². The van der Waals surface area contributed by atoms with Crippen molar-refractivity contribution in [2.75, 3.05) is 58.5 Å². The second kappa shape index (κ2) is 10.9. The quantitative estimate of drug-likeness (QED) is 0.267. The summed E-state index contributed by atoms with van der Waals surface area (Å²) < 4.78 is 15.1. The first-order chi connectivity index (χ1) is 20.9. The SMILES string of the molecule is COCCN1CC2CN(c3nc4c(C(C)C)nc(-n5ncc6c(C)nc(-c7cnccc7OC)cc65)cc4n3C)C[C@@H]2C1. The van der Waals surface area contributed by atoms with Gasteiger partial charge in [-0.3, -0.25) is 9.97 Å². The van der Waals surface area contributed by atoms with E-state index in [1.165, 1.54) is 0 Å². The van der Waals surface area contributed by atoms with E-state index in [0.717, 1.165) is 101 Å². The van der Waals surface area contributed by atoms with Gasteiger partial charge < -0.3 is 23.8 Å². The summed E-state index contributed by atoms with van der Waals surface area (Å²) in [5, 5.41) is 5.79. The number of aromatic nitrogens is 7. The van der Waals surface area contributed by atoms with Crippen molar-refractivity contribution < 1.29 is 9.47 Å². The zero-order chi connectivity index (χ0) is 29.8. The molecular formula is C32H39N9O2. The first-order valence-electron chi connectivity index (χ1n) is 15.0. The maximum Gasteiger partial charge on any atom is 0.206 e. The molecule has 5 aromatic rings. The van der Waals surface area contributed by atoms with Gasteiger partial charge in [-0.25, -0.2) is 14.6 Å². The van der Waals surface area contributed by atoms with Crippen LogP contribution in [0.15, 0.2) is 36.8 Å². The molecule has 2 fully saturated rings. The Balaban J connectivity index is 1.28. The van der Waals surface area contributed by atoms with Crippen LogP contribution in [0.5, 0.6) is 5.75 Å². The smallest absolute Gasteiger partial charge is 0.206 e. The third kappa shape index (κ3) is 4.71. The summed E-state index contributed by atoms with van der Waals surface area (Å²) in [5.74, 6) is 4.03. The van der Waals surface area contributed by atoms with Gasteiger partial charge in [0.15, 0.2) is 5.82 Å². The molecule has 5 aromatic heterocycles. The highest BCUT2D eigenvalue weighted by Crippen LogP contribution is 2.37. The Bertz CT molecular complexity index is 1800. The third-order valence-corrected chi connectivity index (χ3v) is 9.11. The summed E-state index contributed by atoms with van der Waals surface area (Å²) in [6.45, 7) is 12.5. The first-order valence-corrected chi connectivity index (χ1v) is 15.0. The van der Waals surface area contributed by atoms with E-state index < -0.39 is 0 Å². The molecule has 43 heavy (non-hydrogen) atoms. The number of imidazole rings is 1. The predicted molar refractivity (Wildman–Crippen MR) is 167 cm³/mol. The molecule has 0 spiro atoms. The summed E-state index contributed by atoms with van der Waals surface area (Å²) in [4.78, 5) is 24.6. The predicted octanol–water partition coefficient (Wildman–Crippen LogP) is 4.22. The molecule has 0 saturated carbocycles. The molecule has 2 saturated heterocycles. The monoisotopic (exact) mass is 581 g/mol. The molecule has 11 nitrogen and oxygen atoms in total. The van der Waals surface area contributed by atoms with Crippen LogP contribution in [0.2, 0.25) is 0 Å². The number of nitrogens with zero attached hydrogens (tertiary/aromatic N) is 9.